The number of carbonyl (C=O) groups is 2. The highest BCUT2D eigenvalue weighted by molar-refractivity contribution is 7.03. The van der Waals surface area contributed by atoms with Crippen LogP contribution in [0.5, 0.6) is 0 Å². The van der Waals surface area contributed by atoms with E-state index in [1.807, 2.05) is 58.0 Å². The van der Waals surface area contributed by atoms with E-state index < -0.39 is 11.6 Å². The van der Waals surface area contributed by atoms with Gasteiger partial charge in [-0.1, -0.05) is 47.3 Å². The number of aryl methyl sites for hydroxylation is 1. The summed E-state index contributed by atoms with van der Waals surface area (Å²) in [5.74, 6) is -0.649. The lowest BCUT2D eigenvalue weighted by Gasteiger charge is -2.33. The minimum atomic E-state index is -0.914. The van der Waals surface area contributed by atoms with Crippen LogP contribution in [0.25, 0.3) is 0 Å². The van der Waals surface area contributed by atoms with Crippen molar-refractivity contribution in [2.45, 2.75) is 52.2 Å². The molecule has 0 radical (unpaired) electrons. The molecule has 0 unspecified atom stereocenters. The van der Waals surface area contributed by atoms with Crippen LogP contribution in [-0.2, 0) is 11.3 Å². The lowest BCUT2D eigenvalue weighted by molar-refractivity contribution is -0.128. The summed E-state index contributed by atoms with van der Waals surface area (Å²) in [6.45, 7) is 8.16. The summed E-state index contributed by atoms with van der Waals surface area (Å²) >= 11 is 1.10. The molecular formula is C23H27N5O2S. The quantitative estimate of drug-likeness (QED) is 0.577. The number of benzene rings is 1. The molecule has 0 saturated carbocycles. The Balaban J connectivity index is 2.05. The fraction of sp³-hybridized carbons (Fsp3) is 0.348. The maximum Gasteiger partial charge on any atom is 0.276 e. The first-order valence-corrected chi connectivity index (χ1v) is 11.0. The molecule has 162 valence electrons. The molecule has 8 heteroatoms. The van der Waals surface area contributed by atoms with Gasteiger partial charge in [0.15, 0.2) is 11.7 Å². The van der Waals surface area contributed by atoms with Crippen molar-refractivity contribution in [3.63, 3.8) is 0 Å². The predicted molar refractivity (Wildman–Crippen MR) is 120 cm³/mol. The second-order valence-electron chi connectivity index (χ2n) is 8.09. The van der Waals surface area contributed by atoms with Crippen LogP contribution in [0, 0.1) is 6.92 Å². The largest absolute Gasteiger partial charge is 0.349 e. The van der Waals surface area contributed by atoms with Gasteiger partial charge in [0.05, 0.1) is 5.69 Å². The summed E-state index contributed by atoms with van der Waals surface area (Å²) in [5, 5.41) is 8.61. The summed E-state index contributed by atoms with van der Waals surface area (Å²) < 4.78 is 3.82. The molecule has 0 fully saturated rings. The molecule has 0 aliphatic rings. The molecule has 1 atom stereocenters. The molecule has 31 heavy (non-hydrogen) atoms. The second-order valence-corrected chi connectivity index (χ2v) is 8.70. The van der Waals surface area contributed by atoms with Crippen molar-refractivity contribution in [2.24, 2.45) is 0 Å². The van der Waals surface area contributed by atoms with Gasteiger partial charge in [-0.3, -0.25) is 14.6 Å². The molecule has 2 aromatic heterocycles. The first-order valence-electron chi connectivity index (χ1n) is 10.2. The van der Waals surface area contributed by atoms with E-state index in [2.05, 4.69) is 19.9 Å². The maximum atomic E-state index is 13.5. The van der Waals surface area contributed by atoms with Gasteiger partial charge in [0.25, 0.3) is 5.91 Å². The summed E-state index contributed by atoms with van der Waals surface area (Å²) in [6.07, 6.45) is 2.37. The van der Waals surface area contributed by atoms with E-state index in [-0.39, 0.29) is 24.1 Å². The monoisotopic (exact) mass is 437 g/mol. The number of hydrogen-bond donors (Lipinski definition) is 1. The normalized spacial score (nSPS) is 12.3. The number of pyridine rings is 1. The van der Waals surface area contributed by atoms with Crippen LogP contribution in [0.1, 0.15) is 60.5 Å². The van der Waals surface area contributed by atoms with E-state index in [4.69, 9.17) is 0 Å². The SMILES string of the molecule is CCC(C)(C)NC(=O)[C@@H](c1ccccn1)N(Cc1ccc(C)cc1)C(=O)c1csnn1. The van der Waals surface area contributed by atoms with Gasteiger partial charge in [-0.2, -0.15) is 0 Å². The van der Waals surface area contributed by atoms with Crippen LogP contribution in [0.15, 0.2) is 54.0 Å². The fourth-order valence-corrected chi connectivity index (χ4v) is 3.47. The van der Waals surface area contributed by atoms with Crippen molar-refractivity contribution in [1.82, 2.24) is 24.8 Å². The second kappa shape index (κ2) is 9.78. The fourth-order valence-electron chi connectivity index (χ4n) is 3.04. The van der Waals surface area contributed by atoms with Crippen LogP contribution in [0.4, 0.5) is 0 Å². The summed E-state index contributed by atoms with van der Waals surface area (Å²) in [5.41, 5.74) is 2.31. The Morgan fingerprint density at radius 3 is 2.48 bits per heavy atom. The number of carbonyl (C=O) groups excluding carboxylic acids is 2. The number of amides is 2. The van der Waals surface area contributed by atoms with Crippen molar-refractivity contribution >= 4 is 23.3 Å². The smallest absolute Gasteiger partial charge is 0.276 e. The van der Waals surface area contributed by atoms with Gasteiger partial charge in [-0.15, -0.1) is 5.10 Å². The Morgan fingerprint density at radius 2 is 1.90 bits per heavy atom. The molecule has 0 bridgehead atoms. The number of rotatable bonds is 8. The van der Waals surface area contributed by atoms with E-state index in [9.17, 15) is 9.59 Å². The Bertz CT molecular complexity index is 1000. The average Bonchev–Trinajstić information content (AvgIpc) is 3.29. The van der Waals surface area contributed by atoms with E-state index in [0.717, 1.165) is 29.1 Å². The van der Waals surface area contributed by atoms with Crippen molar-refractivity contribution < 1.29 is 9.59 Å². The third kappa shape index (κ3) is 5.73. The molecule has 3 aromatic rings. The van der Waals surface area contributed by atoms with Gasteiger partial charge >= 0.3 is 0 Å². The Morgan fingerprint density at radius 1 is 1.16 bits per heavy atom. The van der Waals surface area contributed by atoms with Crippen LogP contribution >= 0.6 is 11.5 Å². The van der Waals surface area contributed by atoms with Gasteiger partial charge < -0.3 is 10.2 Å². The number of nitrogens with zero attached hydrogens (tertiary/aromatic N) is 4. The maximum absolute atomic E-state index is 13.5. The predicted octanol–water partition coefficient (Wildman–Crippen LogP) is 3.93. The first-order chi connectivity index (χ1) is 14.8. The van der Waals surface area contributed by atoms with E-state index in [1.165, 1.54) is 4.90 Å². The van der Waals surface area contributed by atoms with E-state index in [0.29, 0.717) is 5.69 Å². The molecule has 7 nitrogen and oxygen atoms in total. The Hall–Kier alpha value is -3.13. The zero-order chi connectivity index (χ0) is 22.4. The number of aromatic nitrogens is 3. The number of hydrogen-bond acceptors (Lipinski definition) is 6. The van der Waals surface area contributed by atoms with Gasteiger partial charge in [0.1, 0.15) is 0 Å². The molecule has 1 aromatic carbocycles. The van der Waals surface area contributed by atoms with Gasteiger partial charge in [-0.25, -0.2) is 0 Å². The van der Waals surface area contributed by atoms with E-state index in [1.54, 1.807) is 23.7 Å². The van der Waals surface area contributed by atoms with Crippen molar-refractivity contribution in [3.05, 3.63) is 76.6 Å². The zero-order valence-electron chi connectivity index (χ0n) is 18.2. The molecule has 3 rings (SSSR count). The first kappa shape index (κ1) is 22.6. The molecule has 0 aliphatic heterocycles. The van der Waals surface area contributed by atoms with Gasteiger partial charge in [0.2, 0.25) is 5.91 Å². The lowest BCUT2D eigenvalue weighted by Crippen LogP contribution is -2.50. The van der Waals surface area contributed by atoms with E-state index >= 15 is 0 Å². The van der Waals surface area contributed by atoms with Gasteiger partial charge in [0, 0.05) is 23.7 Å². The van der Waals surface area contributed by atoms with Crippen molar-refractivity contribution in [3.8, 4) is 0 Å². The number of nitrogens with one attached hydrogen (secondary N) is 1. The molecule has 2 amide bonds. The zero-order valence-corrected chi connectivity index (χ0v) is 19.0. The molecule has 0 saturated heterocycles. The summed E-state index contributed by atoms with van der Waals surface area (Å²) in [6, 6.07) is 12.3. The molecular weight excluding hydrogens is 410 g/mol. The highest BCUT2D eigenvalue weighted by atomic mass is 32.1. The van der Waals surface area contributed by atoms with Crippen molar-refractivity contribution in [2.75, 3.05) is 0 Å². The molecule has 0 spiro atoms. The van der Waals surface area contributed by atoms with Crippen LogP contribution < -0.4 is 5.32 Å². The summed E-state index contributed by atoms with van der Waals surface area (Å²) in [7, 11) is 0. The highest BCUT2D eigenvalue weighted by Gasteiger charge is 2.36. The molecule has 0 aliphatic carbocycles. The molecule has 2 heterocycles. The molecule has 1 N–H and O–H groups in total. The minimum absolute atomic E-state index is 0.209. The van der Waals surface area contributed by atoms with Crippen LogP contribution in [0.3, 0.4) is 0 Å². The highest BCUT2D eigenvalue weighted by Crippen LogP contribution is 2.25. The Labute approximate surface area is 186 Å². The standard InChI is InChI=1S/C23H27N5O2S/c1-5-23(3,4)25-21(29)20(18-8-6-7-13-24-18)28(22(30)19-15-31-27-26-19)14-17-11-9-16(2)10-12-17/h6-13,15,20H,5,14H2,1-4H3,(H,25,29)/t20-/m1/s1. The van der Waals surface area contributed by atoms with Crippen LogP contribution in [-0.4, -0.2) is 36.8 Å². The minimum Gasteiger partial charge on any atom is -0.349 e. The topological polar surface area (TPSA) is 88.1 Å². The lowest BCUT2D eigenvalue weighted by atomic mass is 10.00. The third-order valence-electron chi connectivity index (χ3n) is 5.19. The third-order valence-corrected chi connectivity index (χ3v) is 5.69. The van der Waals surface area contributed by atoms with Gasteiger partial charge in [-0.05, 0) is 56.4 Å². The van der Waals surface area contributed by atoms with Crippen molar-refractivity contribution in [1.29, 1.82) is 0 Å². The Kier molecular flexibility index (Phi) is 7.12. The summed E-state index contributed by atoms with van der Waals surface area (Å²) in [4.78, 5) is 32.9. The van der Waals surface area contributed by atoms with Crippen LogP contribution in [0.2, 0.25) is 0 Å². The average molecular weight is 438 g/mol.